The summed E-state index contributed by atoms with van der Waals surface area (Å²) in [6, 6.07) is 8.34. The predicted molar refractivity (Wildman–Crippen MR) is 65.0 cm³/mol. The molecule has 1 heterocycles. The van der Waals surface area contributed by atoms with E-state index in [0.717, 1.165) is 32.5 Å². The summed E-state index contributed by atoms with van der Waals surface area (Å²) in [4.78, 5) is 0. The SMILES string of the molecule is NCc1ccc(COC2CCNCC2)cc1. The molecule has 0 radical (unpaired) electrons. The van der Waals surface area contributed by atoms with Crippen molar-refractivity contribution < 1.29 is 4.74 Å². The van der Waals surface area contributed by atoms with E-state index in [1.54, 1.807) is 0 Å². The summed E-state index contributed by atoms with van der Waals surface area (Å²) in [5, 5.41) is 3.33. The van der Waals surface area contributed by atoms with Gasteiger partial charge in [-0.15, -0.1) is 0 Å². The fourth-order valence-corrected chi connectivity index (χ4v) is 1.95. The normalized spacial score (nSPS) is 17.6. The van der Waals surface area contributed by atoms with E-state index in [1.165, 1.54) is 11.1 Å². The molecule has 0 amide bonds. The first-order chi connectivity index (χ1) is 7.88. The van der Waals surface area contributed by atoms with E-state index in [0.29, 0.717) is 12.6 Å². The maximum atomic E-state index is 5.87. The highest BCUT2D eigenvalue weighted by Gasteiger charge is 2.12. The second-order valence-electron chi connectivity index (χ2n) is 4.28. The van der Waals surface area contributed by atoms with Crippen molar-refractivity contribution in [2.75, 3.05) is 13.1 Å². The molecule has 0 spiro atoms. The molecule has 1 aliphatic heterocycles. The van der Waals surface area contributed by atoms with Crippen LogP contribution in [0.2, 0.25) is 0 Å². The minimum Gasteiger partial charge on any atom is -0.373 e. The molecule has 0 aromatic heterocycles. The fourth-order valence-electron chi connectivity index (χ4n) is 1.95. The Morgan fingerprint density at radius 1 is 1.12 bits per heavy atom. The third kappa shape index (κ3) is 3.30. The number of nitrogens with one attached hydrogen (secondary N) is 1. The van der Waals surface area contributed by atoms with E-state index >= 15 is 0 Å². The third-order valence-corrected chi connectivity index (χ3v) is 3.03. The summed E-state index contributed by atoms with van der Waals surface area (Å²) < 4.78 is 5.87. The Hall–Kier alpha value is -0.900. The second-order valence-corrected chi connectivity index (χ2v) is 4.28. The average molecular weight is 220 g/mol. The molecule has 1 saturated heterocycles. The number of rotatable bonds is 4. The number of benzene rings is 1. The lowest BCUT2D eigenvalue weighted by atomic mass is 10.1. The molecule has 1 aromatic rings. The van der Waals surface area contributed by atoms with Gasteiger partial charge in [0.05, 0.1) is 12.7 Å². The molecule has 16 heavy (non-hydrogen) atoms. The Bertz CT molecular complexity index is 304. The summed E-state index contributed by atoms with van der Waals surface area (Å²) in [6.45, 7) is 3.48. The van der Waals surface area contributed by atoms with Crippen molar-refractivity contribution in [3.63, 3.8) is 0 Å². The van der Waals surface area contributed by atoms with Gasteiger partial charge in [0.15, 0.2) is 0 Å². The molecule has 1 fully saturated rings. The first kappa shape index (κ1) is 11.6. The molecule has 3 heteroatoms. The first-order valence-corrected chi connectivity index (χ1v) is 5.98. The summed E-state index contributed by atoms with van der Waals surface area (Å²) in [5.41, 5.74) is 7.96. The van der Waals surface area contributed by atoms with Crippen molar-refractivity contribution in [1.29, 1.82) is 0 Å². The molecule has 1 aliphatic rings. The Morgan fingerprint density at radius 2 is 1.75 bits per heavy atom. The molecule has 0 bridgehead atoms. The predicted octanol–water partition coefficient (Wildman–Crippen LogP) is 1.41. The van der Waals surface area contributed by atoms with Gasteiger partial charge in [-0.1, -0.05) is 24.3 Å². The monoisotopic (exact) mass is 220 g/mol. The highest BCUT2D eigenvalue weighted by Crippen LogP contribution is 2.11. The molecule has 0 unspecified atom stereocenters. The highest BCUT2D eigenvalue weighted by molar-refractivity contribution is 5.21. The van der Waals surface area contributed by atoms with Crippen LogP contribution in [0.15, 0.2) is 24.3 Å². The van der Waals surface area contributed by atoms with E-state index in [1.807, 2.05) is 0 Å². The molecule has 0 atom stereocenters. The van der Waals surface area contributed by atoms with Crippen molar-refractivity contribution in [1.82, 2.24) is 5.32 Å². The van der Waals surface area contributed by atoms with Gasteiger partial charge in [-0.2, -0.15) is 0 Å². The summed E-state index contributed by atoms with van der Waals surface area (Å²) in [6.07, 6.45) is 2.68. The fraction of sp³-hybridized carbons (Fsp3) is 0.538. The van der Waals surface area contributed by atoms with Gasteiger partial charge in [-0.3, -0.25) is 0 Å². The van der Waals surface area contributed by atoms with Gasteiger partial charge in [0.1, 0.15) is 0 Å². The minimum atomic E-state index is 0.426. The van der Waals surface area contributed by atoms with Crippen LogP contribution in [0.5, 0.6) is 0 Å². The largest absolute Gasteiger partial charge is 0.373 e. The highest BCUT2D eigenvalue weighted by atomic mass is 16.5. The Labute approximate surface area is 97.0 Å². The number of hydrogen-bond donors (Lipinski definition) is 2. The number of piperidine rings is 1. The van der Waals surface area contributed by atoms with Gasteiger partial charge in [0.25, 0.3) is 0 Å². The van der Waals surface area contributed by atoms with Crippen LogP contribution in [-0.2, 0) is 17.9 Å². The Kier molecular flexibility index (Phi) is 4.34. The molecule has 3 nitrogen and oxygen atoms in total. The Balaban J connectivity index is 1.79. The van der Waals surface area contributed by atoms with Gasteiger partial charge in [0, 0.05) is 6.54 Å². The molecule has 3 N–H and O–H groups in total. The zero-order valence-electron chi connectivity index (χ0n) is 9.61. The summed E-state index contributed by atoms with van der Waals surface area (Å²) in [7, 11) is 0. The van der Waals surface area contributed by atoms with E-state index in [2.05, 4.69) is 29.6 Å². The topological polar surface area (TPSA) is 47.3 Å². The lowest BCUT2D eigenvalue weighted by molar-refractivity contribution is 0.0212. The number of nitrogens with two attached hydrogens (primary N) is 1. The van der Waals surface area contributed by atoms with Crippen molar-refractivity contribution >= 4 is 0 Å². The maximum Gasteiger partial charge on any atom is 0.0720 e. The van der Waals surface area contributed by atoms with Crippen LogP contribution in [0.3, 0.4) is 0 Å². The van der Waals surface area contributed by atoms with Crippen molar-refractivity contribution in [2.24, 2.45) is 5.73 Å². The zero-order valence-corrected chi connectivity index (χ0v) is 9.61. The number of ether oxygens (including phenoxy) is 1. The van der Waals surface area contributed by atoms with Gasteiger partial charge in [0.2, 0.25) is 0 Å². The average Bonchev–Trinajstić information content (AvgIpc) is 2.38. The standard InChI is InChI=1S/C13H20N2O/c14-9-11-1-3-12(4-2-11)10-16-13-5-7-15-8-6-13/h1-4,13,15H,5-10,14H2. The smallest absolute Gasteiger partial charge is 0.0720 e. The van der Waals surface area contributed by atoms with Crippen molar-refractivity contribution in [3.8, 4) is 0 Å². The molecule has 2 rings (SSSR count). The number of hydrogen-bond acceptors (Lipinski definition) is 3. The van der Waals surface area contributed by atoms with E-state index in [9.17, 15) is 0 Å². The first-order valence-electron chi connectivity index (χ1n) is 5.98. The molecule has 0 aliphatic carbocycles. The van der Waals surface area contributed by atoms with Crippen LogP contribution >= 0.6 is 0 Å². The van der Waals surface area contributed by atoms with Crippen LogP contribution in [0.25, 0.3) is 0 Å². The lowest BCUT2D eigenvalue weighted by Crippen LogP contribution is -2.32. The minimum absolute atomic E-state index is 0.426. The van der Waals surface area contributed by atoms with Crippen LogP contribution in [0.4, 0.5) is 0 Å². The van der Waals surface area contributed by atoms with E-state index in [4.69, 9.17) is 10.5 Å². The van der Waals surface area contributed by atoms with Gasteiger partial charge in [-0.25, -0.2) is 0 Å². The van der Waals surface area contributed by atoms with Crippen molar-refractivity contribution in [3.05, 3.63) is 35.4 Å². The molecular weight excluding hydrogens is 200 g/mol. The maximum absolute atomic E-state index is 5.87. The van der Waals surface area contributed by atoms with Crippen LogP contribution in [0.1, 0.15) is 24.0 Å². The third-order valence-electron chi connectivity index (χ3n) is 3.03. The van der Waals surface area contributed by atoms with Gasteiger partial charge >= 0.3 is 0 Å². The second kappa shape index (κ2) is 5.99. The van der Waals surface area contributed by atoms with E-state index in [-0.39, 0.29) is 0 Å². The molecule has 0 saturated carbocycles. The van der Waals surface area contributed by atoms with Crippen LogP contribution in [0, 0.1) is 0 Å². The summed E-state index contributed by atoms with van der Waals surface area (Å²) in [5.74, 6) is 0. The van der Waals surface area contributed by atoms with Crippen LogP contribution < -0.4 is 11.1 Å². The van der Waals surface area contributed by atoms with E-state index < -0.39 is 0 Å². The summed E-state index contributed by atoms with van der Waals surface area (Å²) >= 11 is 0. The molecular formula is C13H20N2O. The zero-order chi connectivity index (χ0) is 11.2. The van der Waals surface area contributed by atoms with Crippen LogP contribution in [-0.4, -0.2) is 19.2 Å². The van der Waals surface area contributed by atoms with Gasteiger partial charge < -0.3 is 15.8 Å². The van der Waals surface area contributed by atoms with Crippen molar-refractivity contribution in [2.45, 2.75) is 32.1 Å². The molecule has 1 aromatic carbocycles. The Morgan fingerprint density at radius 3 is 2.38 bits per heavy atom. The lowest BCUT2D eigenvalue weighted by Gasteiger charge is -2.22. The quantitative estimate of drug-likeness (QED) is 0.806. The molecule has 88 valence electrons. The van der Waals surface area contributed by atoms with Gasteiger partial charge in [-0.05, 0) is 37.1 Å².